The summed E-state index contributed by atoms with van der Waals surface area (Å²) in [6, 6.07) is 11.1. The molecule has 4 aromatic rings. The van der Waals surface area contributed by atoms with Crippen molar-refractivity contribution in [2.24, 2.45) is 21.1 Å². The molecule has 182 valence electrons. The first-order valence-electron chi connectivity index (χ1n) is 11.0. The molecular formula is C24H27N7O3S. The Labute approximate surface area is 206 Å². The number of amides is 2. The summed E-state index contributed by atoms with van der Waals surface area (Å²) in [5, 5.41) is 14.5. The number of nitrogens with one attached hydrogen (secondary N) is 2. The van der Waals surface area contributed by atoms with Gasteiger partial charge in [0.05, 0.1) is 23.2 Å². The highest BCUT2D eigenvalue weighted by Crippen LogP contribution is 2.20. The van der Waals surface area contributed by atoms with E-state index in [1.165, 1.54) is 16.3 Å². The molecule has 4 rings (SSSR count). The number of anilines is 2. The van der Waals surface area contributed by atoms with Gasteiger partial charge in [0.15, 0.2) is 5.16 Å². The van der Waals surface area contributed by atoms with Crippen molar-refractivity contribution in [3.63, 3.8) is 0 Å². The van der Waals surface area contributed by atoms with Gasteiger partial charge in [0.25, 0.3) is 0 Å². The number of rotatable bonds is 7. The first-order chi connectivity index (χ1) is 16.6. The van der Waals surface area contributed by atoms with Crippen LogP contribution in [0, 0.1) is 13.8 Å². The van der Waals surface area contributed by atoms with Crippen LogP contribution >= 0.6 is 11.8 Å². The van der Waals surface area contributed by atoms with E-state index in [2.05, 4.69) is 20.8 Å². The Kier molecular flexibility index (Phi) is 6.79. The minimum absolute atomic E-state index is 0.0684. The first-order valence-corrected chi connectivity index (χ1v) is 12.0. The quantitative estimate of drug-likeness (QED) is 0.382. The second-order valence-corrected chi connectivity index (χ2v) is 9.37. The number of aromatic nitrogens is 5. The van der Waals surface area contributed by atoms with Crippen LogP contribution in [0.3, 0.4) is 0 Å². The zero-order chi connectivity index (χ0) is 25.3. The SMILES string of the molecule is Cc1ccc(NC(=O)Cc2nnc(SCC(=O)Nc3ccc4c(c3)n(C)c(=O)n4C)n2C)cc1C. The summed E-state index contributed by atoms with van der Waals surface area (Å²) in [6.45, 7) is 4.01. The van der Waals surface area contributed by atoms with E-state index in [0.29, 0.717) is 16.7 Å². The number of hydrogen-bond donors (Lipinski definition) is 2. The normalized spacial score (nSPS) is 11.1. The molecule has 0 radical (unpaired) electrons. The molecule has 0 spiro atoms. The van der Waals surface area contributed by atoms with Gasteiger partial charge in [0.1, 0.15) is 5.82 Å². The largest absolute Gasteiger partial charge is 0.328 e. The third-order valence-corrected chi connectivity index (χ3v) is 6.94. The number of thioether (sulfide) groups is 1. The van der Waals surface area contributed by atoms with Crippen molar-refractivity contribution >= 4 is 46.0 Å². The third kappa shape index (κ3) is 5.14. The van der Waals surface area contributed by atoms with E-state index in [0.717, 1.165) is 27.8 Å². The lowest BCUT2D eigenvalue weighted by Crippen LogP contribution is -2.19. The van der Waals surface area contributed by atoms with E-state index in [1.54, 1.807) is 48.5 Å². The van der Waals surface area contributed by atoms with E-state index in [4.69, 9.17) is 0 Å². The summed E-state index contributed by atoms with van der Waals surface area (Å²) < 4.78 is 4.81. The van der Waals surface area contributed by atoms with Crippen LogP contribution in [0.15, 0.2) is 46.3 Å². The van der Waals surface area contributed by atoms with E-state index >= 15 is 0 Å². The molecule has 2 heterocycles. The molecule has 2 aromatic heterocycles. The topological polar surface area (TPSA) is 116 Å². The number of hydrogen-bond acceptors (Lipinski definition) is 6. The fraction of sp³-hybridized carbons (Fsp3) is 0.292. The molecule has 10 nitrogen and oxygen atoms in total. The molecular weight excluding hydrogens is 466 g/mol. The smallest absolute Gasteiger partial charge is 0.326 e. The average Bonchev–Trinajstić information content (AvgIpc) is 3.26. The molecule has 0 atom stereocenters. The Morgan fingerprint density at radius 3 is 2.23 bits per heavy atom. The second kappa shape index (κ2) is 9.79. The van der Waals surface area contributed by atoms with E-state index in [-0.39, 0.29) is 29.7 Å². The lowest BCUT2D eigenvalue weighted by molar-refractivity contribution is -0.116. The average molecular weight is 494 g/mol. The van der Waals surface area contributed by atoms with Crippen molar-refractivity contribution in [1.82, 2.24) is 23.9 Å². The zero-order valence-electron chi connectivity index (χ0n) is 20.2. The Morgan fingerprint density at radius 2 is 1.49 bits per heavy atom. The maximum atomic E-state index is 12.5. The van der Waals surface area contributed by atoms with Crippen molar-refractivity contribution in [2.75, 3.05) is 16.4 Å². The fourth-order valence-corrected chi connectivity index (χ4v) is 4.43. The van der Waals surface area contributed by atoms with Gasteiger partial charge in [-0.05, 0) is 55.3 Å². The highest BCUT2D eigenvalue weighted by Gasteiger charge is 2.15. The molecule has 2 N–H and O–H groups in total. The Morgan fingerprint density at radius 1 is 0.829 bits per heavy atom. The van der Waals surface area contributed by atoms with Gasteiger partial charge >= 0.3 is 5.69 Å². The maximum Gasteiger partial charge on any atom is 0.328 e. The molecule has 0 aliphatic rings. The first kappa shape index (κ1) is 24.3. The standard InChI is InChI=1S/C24H27N7O3S/c1-14-6-7-16(10-15(14)2)25-21(32)12-20-27-28-23(31(20)5)35-13-22(33)26-17-8-9-18-19(11-17)30(4)24(34)29(18)3/h6-11H,12-13H2,1-5H3,(H,25,32)(H,26,33). The van der Waals surface area contributed by atoms with Crippen LogP contribution in [-0.2, 0) is 37.2 Å². The van der Waals surface area contributed by atoms with Gasteiger partial charge in [-0.3, -0.25) is 18.7 Å². The summed E-state index contributed by atoms with van der Waals surface area (Å²) in [6.07, 6.45) is 0.0684. The van der Waals surface area contributed by atoms with Crippen LogP contribution in [0.5, 0.6) is 0 Å². The molecule has 11 heteroatoms. The Balaban J connectivity index is 1.34. The van der Waals surface area contributed by atoms with Crippen molar-refractivity contribution < 1.29 is 9.59 Å². The summed E-state index contributed by atoms with van der Waals surface area (Å²) in [5.74, 6) is 0.216. The van der Waals surface area contributed by atoms with Gasteiger partial charge < -0.3 is 15.2 Å². The number of imidazole rings is 1. The van der Waals surface area contributed by atoms with Gasteiger partial charge in [-0.15, -0.1) is 10.2 Å². The number of fused-ring (bicyclic) bond motifs is 1. The van der Waals surface area contributed by atoms with Crippen molar-refractivity contribution in [3.8, 4) is 0 Å². The number of nitrogens with zero attached hydrogens (tertiary/aromatic N) is 5. The molecule has 0 unspecified atom stereocenters. The number of carbonyl (C=O) groups excluding carboxylic acids is 2. The summed E-state index contributed by atoms with van der Waals surface area (Å²) in [5.41, 5.74) is 5.00. The number of benzene rings is 2. The molecule has 2 amide bonds. The van der Waals surface area contributed by atoms with Crippen molar-refractivity contribution in [1.29, 1.82) is 0 Å². The summed E-state index contributed by atoms with van der Waals surface area (Å²) >= 11 is 1.23. The molecule has 0 saturated carbocycles. The Hall–Kier alpha value is -3.86. The highest BCUT2D eigenvalue weighted by molar-refractivity contribution is 7.99. The molecule has 2 aromatic carbocycles. The van der Waals surface area contributed by atoms with Gasteiger partial charge in [-0.25, -0.2) is 4.79 Å². The summed E-state index contributed by atoms with van der Waals surface area (Å²) in [7, 11) is 5.17. The van der Waals surface area contributed by atoms with Crippen LogP contribution in [0.1, 0.15) is 17.0 Å². The minimum Gasteiger partial charge on any atom is -0.326 e. The highest BCUT2D eigenvalue weighted by atomic mass is 32.2. The number of carbonyl (C=O) groups is 2. The molecule has 35 heavy (non-hydrogen) atoms. The third-order valence-electron chi connectivity index (χ3n) is 5.92. The van der Waals surface area contributed by atoms with Crippen molar-refractivity contribution in [3.05, 3.63) is 63.8 Å². The number of aryl methyl sites for hydroxylation is 4. The molecule has 0 bridgehead atoms. The monoisotopic (exact) mass is 493 g/mol. The molecule has 0 aliphatic heterocycles. The second-order valence-electron chi connectivity index (χ2n) is 8.42. The van der Waals surface area contributed by atoms with E-state index in [1.807, 2.05) is 32.0 Å². The minimum atomic E-state index is -0.215. The van der Waals surface area contributed by atoms with Crippen molar-refractivity contribution in [2.45, 2.75) is 25.4 Å². The Bertz CT molecular complexity index is 1500. The zero-order valence-corrected chi connectivity index (χ0v) is 21.1. The van der Waals surface area contributed by atoms with Gasteiger partial charge in [-0.1, -0.05) is 17.8 Å². The van der Waals surface area contributed by atoms with Crippen LogP contribution in [0.25, 0.3) is 11.0 Å². The van der Waals surface area contributed by atoms with Crippen LogP contribution in [0.4, 0.5) is 11.4 Å². The fourth-order valence-electron chi connectivity index (χ4n) is 3.70. The van der Waals surface area contributed by atoms with Crippen LogP contribution in [-0.4, -0.2) is 41.5 Å². The predicted octanol–water partition coefficient (Wildman–Crippen LogP) is 2.53. The van der Waals surface area contributed by atoms with Gasteiger partial charge in [0.2, 0.25) is 11.8 Å². The summed E-state index contributed by atoms with van der Waals surface area (Å²) in [4.78, 5) is 37.1. The lowest BCUT2D eigenvalue weighted by Gasteiger charge is -2.08. The predicted molar refractivity (Wildman–Crippen MR) is 137 cm³/mol. The maximum absolute atomic E-state index is 12.5. The molecule has 0 fully saturated rings. The molecule has 0 aliphatic carbocycles. The van der Waals surface area contributed by atoms with Gasteiger partial charge in [0, 0.05) is 32.5 Å². The van der Waals surface area contributed by atoms with Gasteiger partial charge in [-0.2, -0.15) is 0 Å². The lowest BCUT2D eigenvalue weighted by atomic mass is 10.1. The van der Waals surface area contributed by atoms with E-state index < -0.39 is 0 Å². The van der Waals surface area contributed by atoms with Crippen LogP contribution < -0.4 is 16.3 Å². The van der Waals surface area contributed by atoms with Crippen LogP contribution in [0.2, 0.25) is 0 Å². The van der Waals surface area contributed by atoms with E-state index in [9.17, 15) is 14.4 Å². The molecule has 0 saturated heterocycles.